The molecule has 0 amide bonds. The lowest BCUT2D eigenvalue weighted by Crippen LogP contribution is -2.55. The van der Waals surface area contributed by atoms with Crippen LogP contribution in [0.15, 0.2) is 22.8 Å². The maximum atomic E-state index is 12.8. The Balaban J connectivity index is 1.70. The molecule has 0 spiro atoms. The third kappa shape index (κ3) is 2.14. The van der Waals surface area contributed by atoms with Crippen molar-refractivity contribution in [2.24, 2.45) is 17.3 Å². The molecule has 140 valence electrons. The van der Waals surface area contributed by atoms with Crippen LogP contribution >= 0.6 is 0 Å². The van der Waals surface area contributed by atoms with Crippen LogP contribution in [0.1, 0.15) is 47.0 Å². The molecule has 2 heterocycles. The Morgan fingerprint density at radius 1 is 1.27 bits per heavy atom. The minimum Gasteiger partial charge on any atom is -0.458 e. The van der Waals surface area contributed by atoms with Gasteiger partial charge < -0.3 is 14.2 Å². The highest BCUT2D eigenvalue weighted by Gasteiger charge is 2.68. The summed E-state index contributed by atoms with van der Waals surface area (Å²) < 4.78 is 17.0. The molecule has 26 heavy (non-hydrogen) atoms. The molecule has 6 unspecified atom stereocenters. The lowest BCUT2D eigenvalue weighted by Gasteiger charge is -2.50. The minimum absolute atomic E-state index is 0.189. The van der Waals surface area contributed by atoms with Crippen molar-refractivity contribution in [1.29, 1.82) is 0 Å². The third-order valence-electron chi connectivity index (χ3n) is 6.90. The molecular weight excluding hydrogens is 336 g/mol. The second-order valence-electron chi connectivity index (χ2n) is 8.06. The van der Waals surface area contributed by atoms with Crippen LogP contribution in [-0.2, 0) is 28.6 Å². The van der Waals surface area contributed by atoms with Crippen LogP contribution in [-0.4, -0.2) is 36.2 Å². The zero-order chi connectivity index (χ0) is 18.8. The van der Waals surface area contributed by atoms with E-state index in [9.17, 15) is 14.4 Å². The molecule has 3 fully saturated rings. The average Bonchev–Trinajstić information content (AvgIpc) is 3.03. The molecule has 0 aromatic heterocycles. The lowest BCUT2D eigenvalue weighted by atomic mass is 9.53. The van der Waals surface area contributed by atoms with Gasteiger partial charge in [-0.15, -0.1) is 0 Å². The van der Waals surface area contributed by atoms with E-state index in [0.717, 1.165) is 12.0 Å². The molecule has 4 rings (SSSR count). The maximum absolute atomic E-state index is 12.8. The van der Waals surface area contributed by atoms with E-state index in [1.54, 1.807) is 26.8 Å². The van der Waals surface area contributed by atoms with Crippen molar-refractivity contribution in [3.05, 3.63) is 22.8 Å². The smallest absolute Gasteiger partial charge is 0.334 e. The average molecular weight is 360 g/mol. The van der Waals surface area contributed by atoms with Gasteiger partial charge in [-0.05, 0) is 46.0 Å². The number of hydrogen-bond donors (Lipinski definition) is 0. The standard InChI is InChI=1S/C20H24O6/c1-5-9(2)17(21)24-12-7-6-11-8-13-14(10(3)18(22)25-13)16-20(11,4)15(12)19(23)26-16/h5,11-13,15-16H,6-8H2,1-4H3. The molecule has 0 bridgehead atoms. The number of carbonyl (C=O) groups is 3. The molecule has 6 heteroatoms. The summed E-state index contributed by atoms with van der Waals surface area (Å²) in [6.07, 6.45) is 2.58. The van der Waals surface area contributed by atoms with Crippen molar-refractivity contribution in [2.45, 2.75) is 65.3 Å². The van der Waals surface area contributed by atoms with Gasteiger partial charge in [0.25, 0.3) is 0 Å². The van der Waals surface area contributed by atoms with Crippen LogP contribution < -0.4 is 0 Å². The van der Waals surface area contributed by atoms with Gasteiger partial charge in [0.1, 0.15) is 24.2 Å². The third-order valence-corrected chi connectivity index (χ3v) is 6.90. The van der Waals surface area contributed by atoms with Crippen molar-refractivity contribution in [3.63, 3.8) is 0 Å². The fraction of sp³-hybridized carbons (Fsp3) is 0.650. The van der Waals surface area contributed by atoms with E-state index < -0.39 is 23.5 Å². The Morgan fingerprint density at radius 3 is 2.69 bits per heavy atom. The number of hydrogen-bond acceptors (Lipinski definition) is 6. The number of allylic oxidation sites excluding steroid dienone is 1. The highest BCUT2D eigenvalue weighted by atomic mass is 16.6. The molecule has 2 saturated carbocycles. The molecule has 6 nitrogen and oxygen atoms in total. The van der Waals surface area contributed by atoms with Crippen LogP contribution in [0.25, 0.3) is 0 Å². The van der Waals surface area contributed by atoms with Gasteiger partial charge in [0.15, 0.2) is 0 Å². The summed E-state index contributed by atoms with van der Waals surface area (Å²) in [6, 6.07) is 0. The van der Waals surface area contributed by atoms with E-state index in [1.807, 2.05) is 6.92 Å². The van der Waals surface area contributed by atoms with E-state index in [4.69, 9.17) is 14.2 Å². The van der Waals surface area contributed by atoms with Gasteiger partial charge in [-0.1, -0.05) is 13.0 Å². The van der Waals surface area contributed by atoms with Crippen molar-refractivity contribution in [1.82, 2.24) is 0 Å². The van der Waals surface area contributed by atoms with Gasteiger partial charge in [0, 0.05) is 22.1 Å². The van der Waals surface area contributed by atoms with Crippen LogP contribution in [0.4, 0.5) is 0 Å². The number of esters is 3. The topological polar surface area (TPSA) is 78.9 Å². The van der Waals surface area contributed by atoms with E-state index in [2.05, 4.69) is 0 Å². The first-order valence-electron chi connectivity index (χ1n) is 9.25. The summed E-state index contributed by atoms with van der Waals surface area (Å²) in [5.74, 6) is -1.36. The summed E-state index contributed by atoms with van der Waals surface area (Å²) in [5.41, 5.74) is 1.40. The number of carbonyl (C=O) groups excluding carboxylic acids is 3. The predicted octanol–water partition coefficient (Wildman–Crippen LogP) is 2.47. The summed E-state index contributed by atoms with van der Waals surface area (Å²) in [5, 5.41) is 0. The summed E-state index contributed by atoms with van der Waals surface area (Å²) in [4.78, 5) is 37.1. The highest BCUT2D eigenvalue weighted by Crippen LogP contribution is 2.61. The summed E-state index contributed by atoms with van der Waals surface area (Å²) in [7, 11) is 0. The fourth-order valence-corrected chi connectivity index (χ4v) is 5.28. The Morgan fingerprint density at radius 2 is 2.00 bits per heavy atom. The van der Waals surface area contributed by atoms with Crippen molar-refractivity contribution in [3.8, 4) is 0 Å². The molecule has 4 aliphatic rings. The molecule has 6 atom stereocenters. The molecule has 0 aromatic carbocycles. The van der Waals surface area contributed by atoms with Gasteiger partial charge in [-0.3, -0.25) is 4.79 Å². The molecule has 0 N–H and O–H groups in total. The van der Waals surface area contributed by atoms with Crippen molar-refractivity contribution >= 4 is 17.9 Å². The second-order valence-corrected chi connectivity index (χ2v) is 8.06. The van der Waals surface area contributed by atoms with Gasteiger partial charge in [0.05, 0.1) is 0 Å². The number of fused-ring (bicyclic) bond motifs is 2. The van der Waals surface area contributed by atoms with Crippen LogP contribution in [0.2, 0.25) is 0 Å². The van der Waals surface area contributed by atoms with Crippen molar-refractivity contribution < 1.29 is 28.6 Å². The molecule has 2 aliphatic heterocycles. The maximum Gasteiger partial charge on any atom is 0.334 e. The van der Waals surface area contributed by atoms with Crippen LogP contribution in [0, 0.1) is 17.3 Å². The summed E-state index contributed by atoms with van der Waals surface area (Å²) >= 11 is 0. The summed E-state index contributed by atoms with van der Waals surface area (Å²) in [6.45, 7) is 7.26. The molecule has 0 aromatic rings. The largest absolute Gasteiger partial charge is 0.458 e. The van der Waals surface area contributed by atoms with Gasteiger partial charge in [-0.2, -0.15) is 0 Å². The zero-order valence-corrected chi connectivity index (χ0v) is 15.5. The Hall–Kier alpha value is -2.11. The van der Waals surface area contributed by atoms with Gasteiger partial charge >= 0.3 is 17.9 Å². The molecule has 2 aliphatic carbocycles. The number of ether oxygens (including phenoxy) is 3. The first kappa shape index (κ1) is 17.3. The molecular formula is C20H24O6. The molecule has 0 radical (unpaired) electrons. The Labute approximate surface area is 152 Å². The van der Waals surface area contributed by atoms with Crippen molar-refractivity contribution in [2.75, 3.05) is 0 Å². The quantitative estimate of drug-likeness (QED) is 0.428. The van der Waals surface area contributed by atoms with E-state index in [-0.39, 0.29) is 29.9 Å². The van der Waals surface area contributed by atoms with E-state index >= 15 is 0 Å². The minimum atomic E-state index is -0.503. The normalized spacial score (nSPS) is 41.4. The Bertz CT molecular complexity index is 762. The second kappa shape index (κ2) is 5.69. The van der Waals surface area contributed by atoms with Gasteiger partial charge in [-0.25, -0.2) is 9.59 Å². The lowest BCUT2D eigenvalue weighted by molar-refractivity contribution is -0.161. The first-order valence-corrected chi connectivity index (χ1v) is 9.25. The van der Waals surface area contributed by atoms with E-state index in [1.165, 1.54) is 0 Å². The van der Waals surface area contributed by atoms with Crippen LogP contribution in [0.3, 0.4) is 0 Å². The fourth-order valence-electron chi connectivity index (χ4n) is 5.28. The SMILES string of the molecule is CC=C(C)C(=O)OC1CCC2CC3OC(=O)C(C)=C3C3OC(=O)C1C23C. The van der Waals surface area contributed by atoms with E-state index in [0.29, 0.717) is 24.0 Å². The predicted molar refractivity (Wildman–Crippen MR) is 90.7 cm³/mol. The van der Waals surface area contributed by atoms with Crippen LogP contribution in [0.5, 0.6) is 0 Å². The highest BCUT2D eigenvalue weighted by molar-refractivity contribution is 5.93. The Kier molecular flexibility index (Phi) is 3.79. The monoisotopic (exact) mass is 360 g/mol. The zero-order valence-electron chi connectivity index (χ0n) is 15.5. The molecule has 1 saturated heterocycles. The first-order chi connectivity index (χ1) is 12.3. The number of rotatable bonds is 2. The van der Waals surface area contributed by atoms with Gasteiger partial charge in [0.2, 0.25) is 0 Å².